The first kappa shape index (κ1) is 7.32. The Bertz CT molecular complexity index is 187. The van der Waals surface area contributed by atoms with Crippen molar-refractivity contribution in [2.45, 2.75) is 32.7 Å². The van der Waals surface area contributed by atoms with E-state index in [-0.39, 0.29) is 5.54 Å². The Morgan fingerprint density at radius 3 is 2.70 bits per heavy atom. The summed E-state index contributed by atoms with van der Waals surface area (Å²) in [5, 5.41) is 4.12. The van der Waals surface area contributed by atoms with Crippen LogP contribution in [0.15, 0.2) is 12.4 Å². The van der Waals surface area contributed by atoms with Gasteiger partial charge in [0.05, 0.1) is 11.7 Å². The molecule has 0 aliphatic heterocycles. The Hall–Kier alpha value is -0.790. The van der Waals surface area contributed by atoms with E-state index in [4.69, 9.17) is 0 Å². The third-order valence-corrected chi connectivity index (χ3v) is 1.94. The fourth-order valence-corrected chi connectivity index (χ4v) is 0.726. The van der Waals surface area contributed by atoms with E-state index >= 15 is 0 Å². The Balaban J connectivity index is 2.85. The Morgan fingerprint density at radius 2 is 2.30 bits per heavy atom. The van der Waals surface area contributed by atoms with Crippen LogP contribution in [0.3, 0.4) is 0 Å². The number of nitrogens with zero attached hydrogens (tertiary/aromatic N) is 2. The second-order valence-electron chi connectivity index (χ2n) is 3.05. The minimum Gasteiger partial charge on any atom is -0.267 e. The number of rotatable bonds is 2. The quantitative estimate of drug-likeness (QED) is 0.608. The molecule has 0 aromatic carbocycles. The monoisotopic (exact) mass is 137 g/mol. The van der Waals surface area contributed by atoms with E-state index in [1.54, 1.807) is 6.20 Å². The molecule has 0 saturated heterocycles. The molecule has 0 amide bonds. The van der Waals surface area contributed by atoms with Crippen molar-refractivity contribution in [2.24, 2.45) is 0 Å². The standard InChI is InChI=1S/C8H13N2/c1-4-8(2,3)10-7-5-6-9-10/h6-7H,4H2,1-3H3. The first-order chi connectivity index (χ1) is 4.67. The summed E-state index contributed by atoms with van der Waals surface area (Å²) in [6.07, 6.45) is 4.66. The lowest BCUT2D eigenvalue weighted by Gasteiger charge is -2.22. The summed E-state index contributed by atoms with van der Waals surface area (Å²) < 4.78 is 1.94. The molecule has 2 nitrogen and oxygen atoms in total. The largest absolute Gasteiger partial charge is 0.267 e. The van der Waals surface area contributed by atoms with Gasteiger partial charge in [0.15, 0.2) is 0 Å². The fourth-order valence-electron chi connectivity index (χ4n) is 0.726. The molecule has 0 unspecified atom stereocenters. The molecule has 0 aliphatic carbocycles. The van der Waals surface area contributed by atoms with Crippen molar-refractivity contribution in [1.29, 1.82) is 0 Å². The van der Waals surface area contributed by atoms with Gasteiger partial charge >= 0.3 is 0 Å². The maximum absolute atomic E-state index is 4.12. The molecule has 1 rings (SSSR count). The summed E-state index contributed by atoms with van der Waals surface area (Å²) in [4.78, 5) is 0. The topological polar surface area (TPSA) is 17.8 Å². The zero-order valence-electron chi connectivity index (χ0n) is 6.76. The van der Waals surface area contributed by atoms with Crippen molar-refractivity contribution in [3.8, 4) is 0 Å². The molecule has 0 fully saturated rings. The number of aromatic nitrogens is 2. The maximum Gasteiger partial charge on any atom is 0.0569 e. The number of hydrogen-bond donors (Lipinski definition) is 0. The predicted molar refractivity (Wildman–Crippen MR) is 40.7 cm³/mol. The average Bonchev–Trinajstić information content (AvgIpc) is 2.38. The fraction of sp³-hybridized carbons (Fsp3) is 0.625. The first-order valence-electron chi connectivity index (χ1n) is 3.58. The van der Waals surface area contributed by atoms with Crippen LogP contribution in [0, 0.1) is 6.07 Å². The van der Waals surface area contributed by atoms with Crippen LogP contribution in [-0.4, -0.2) is 9.78 Å². The van der Waals surface area contributed by atoms with Gasteiger partial charge in [-0.15, -0.1) is 0 Å². The van der Waals surface area contributed by atoms with Gasteiger partial charge in [-0.3, -0.25) is 4.68 Å². The molecular formula is C8H13N2. The molecule has 0 N–H and O–H groups in total. The van der Waals surface area contributed by atoms with Gasteiger partial charge in [-0.05, 0) is 20.3 Å². The molecule has 1 aromatic heterocycles. The van der Waals surface area contributed by atoms with Gasteiger partial charge in [0, 0.05) is 12.3 Å². The van der Waals surface area contributed by atoms with Gasteiger partial charge in [-0.2, -0.15) is 5.10 Å². The van der Waals surface area contributed by atoms with Crippen LogP contribution in [0.5, 0.6) is 0 Å². The zero-order chi connectivity index (χ0) is 7.61. The van der Waals surface area contributed by atoms with E-state index in [0.717, 1.165) is 6.42 Å². The lowest BCUT2D eigenvalue weighted by atomic mass is 10.0. The molecule has 2 heteroatoms. The Morgan fingerprint density at radius 1 is 1.60 bits per heavy atom. The smallest absolute Gasteiger partial charge is 0.0569 e. The first-order valence-corrected chi connectivity index (χ1v) is 3.58. The summed E-state index contributed by atoms with van der Waals surface area (Å²) in [5.41, 5.74) is 0.139. The van der Waals surface area contributed by atoms with Crippen molar-refractivity contribution in [1.82, 2.24) is 9.78 Å². The lowest BCUT2D eigenvalue weighted by molar-refractivity contribution is 0.308. The minimum atomic E-state index is 0.139. The normalized spacial score (nSPS) is 11.9. The van der Waals surface area contributed by atoms with Gasteiger partial charge in [0.2, 0.25) is 0 Å². The highest BCUT2D eigenvalue weighted by molar-refractivity contribution is 4.83. The van der Waals surface area contributed by atoms with E-state index < -0.39 is 0 Å². The van der Waals surface area contributed by atoms with Crippen LogP contribution in [0.1, 0.15) is 27.2 Å². The van der Waals surface area contributed by atoms with Gasteiger partial charge in [-0.1, -0.05) is 6.92 Å². The van der Waals surface area contributed by atoms with Gasteiger partial charge in [0.1, 0.15) is 0 Å². The molecule has 1 radical (unpaired) electrons. The maximum atomic E-state index is 4.12. The highest BCUT2D eigenvalue weighted by Crippen LogP contribution is 2.16. The average molecular weight is 137 g/mol. The highest BCUT2D eigenvalue weighted by Gasteiger charge is 2.16. The van der Waals surface area contributed by atoms with Crippen LogP contribution in [0.4, 0.5) is 0 Å². The van der Waals surface area contributed by atoms with Crippen molar-refractivity contribution in [3.05, 3.63) is 18.5 Å². The molecule has 0 spiro atoms. The summed E-state index contributed by atoms with van der Waals surface area (Å²) in [5.74, 6) is 0. The van der Waals surface area contributed by atoms with Gasteiger partial charge < -0.3 is 0 Å². The molecule has 55 valence electrons. The van der Waals surface area contributed by atoms with Crippen LogP contribution in [0.25, 0.3) is 0 Å². The van der Waals surface area contributed by atoms with E-state index in [9.17, 15) is 0 Å². The second kappa shape index (κ2) is 2.45. The second-order valence-corrected chi connectivity index (χ2v) is 3.05. The van der Waals surface area contributed by atoms with Crippen LogP contribution in [0.2, 0.25) is 0 Å². The molecule has 0 saturated carbocycles. The Labute approximate surface area is 61.9 Å². The summed E-state index contributed by atoms with van der Waals surface area (Å²) in [6.45, 7) is 6.48. The summed E-state index contributed by atoms with van der Waals surface area (Å²) in [7, 11) is 0. The van der Waals surface area contributed by atoms with Crippen molar-refractivity contribution in [2.75, 3.05) is 0 Å². The van der Waals surface area contributed by atoms with Crippen molar-refractivity contribution < 1.29 is 0 Å². The molecule has 0 bridgehead atoms. The summed E-state index contributed by atoms with van der Waals surface area (Å²) >= 11 is 0. The molecular weight excluding hydrogens is 124 g/mol. The molecule has 1 heterocycles. The van der Waals surface area contributed by atoms with E-state index in [1.165, 1.54) is 0 Å². The van der Waals surface area contributed by atoms with E-state index in [0.29, 0.717) is 0 Å². The SMILES string of the molecule is CCC(C)(C)n1c[c]cn1. The third kappa shape index (κ3) is 1.20. The highest BCUT2D eigenvalue weighted by atomic mass is 15.3. The summed E-state index contributed by atoms with van der Waals surface area (Å²) in [6, 6.07) is 2.92. The van der Waals surface area contributed by atoms with Crippen molar-refractivity contribution in [3.63, 3.8) is 0 Å². The van der Waals surface area contributed by atoms with E-state index in [1.807, 2.05) is 10.9 Å². The zero-order valence-corrected chi connectivity index (χ0v) is 6.76. The van der Waals surface area contributed by atoms with Crippen LogP contribution < -0.4 is 0 Å². The molecule has 1 aromatic rings. The van der Waals surface area contributed by atoms with Gasteiger partial charge in [0.25, 0.3) is 0 Å². The Kier molecular flexibility index (Phi) is 1.79. The molecule has 0 aliphatic rings. The third-order valence-electron chi connectivity index (χ3n) is 1.94. The van der Waals surface area contributed by atoms with Crippen molar-refractivity contribution >= 4 is 0 Å². The molecule has 0 atom stereocenters. The van der Waals surface area contributed by atoms with E-state index in [2.05, 4.69) is 31.9 Å². The minimum absolute atomic E-state index is 0.139. The number of hydrogen-bond acceptors (Lipinski definition) is 1. The lowest BCUT2D eigenvalue weighted by Crippen LogP contribution is -2.25. The van der Waals surface area contributed by atoms with Crippen LogP contribution in [-0.2, 0) is 5.54 Å². The van der Waals surface area contributed by atoms with Crippen LogP contribution >= 0.6 is 0 Å². The molecule has 10 heavy (non-hydrogen) atoms. The van der Waals surface area contributed by atoms with Gasteiger partial charge in [-0.25, -0.2) is 0 Å². The predicted octanol–water partition coefficient (Wildman–Crippen LogP) is 1.83.